The Morgan fingerprint density at radius 2 is 1.90 bits per heavy atom. The number of nitrogens with one attached hydrogen (secondary N) is 1. The molecule has 0 atom stereocenters. The highest BCUT2D eigenvalue weighted by molar-refractivity contribution is 5.56. The first kappa shape index (κ1) is 13.1. The number of nitrogens with zero attached hydrogens (tertiary/aromatic N) is 4. The zero-order chi connectivity index (χ0) is 14.7. The number of methoxy groups -OCH3 is 1. The summed E-state index contributed by atoms with van der Waals surface area (Å²) in [6.07, 6.45) is 3.39. The van der Waals surface area contributed by atoms with E-state index in [2.05, 4.69) is 20.4 Å². The molecule has 2 heterocycles. The predicted octanol–water partition coefficient (Wildman–Crippen LogP) is 2.72. The summed E-state index contributed by atoms with van der Waals surface area (Å²) in [5.41, 5.74) is 1.85. The maximum Gasteiger partial charge on any atom is 0.156 e. The van der Waals surface area contributed by atoms with Crippen molar-refractivity contribution in [3.63, 3.8) is 0 Å². The monoisotopic (exact) mass is 281 g/mol. The summed E-state index contributed by atoms with van der Waals surface area (Å²) in [5, 5.41) is 7.67. The Balaban J connectivity index is 1.78. The van der Waals surface area contributed by atoms with Gasteiger partial charge >= 0.3 is 0 Å². The lowest BCUT2D eigenvalue weighted by atomic mass is 10.3. The van der Waals surface area contributed by atoms with Gasteiger partial charge in [-0.15, -0.1) is 5.10 Å². The van der Waals surface area contributed by atoms with E-state index in [0.717, 1.165) is 28.8 Å². The third-order valence-electron chi connectivity index (χ3n) is 2.98. The Bertz CT molecular complexity index is 736. The summed E-state index contributed by atoms with van der Waals surface area (Å²) < 4.78 is 6.84. The van der Waals surface area contributed by atoms with Crippen LogP contribution in [0.1, 0.15) is 5.69 Å². The molecule has 0 unspecified atom stereocenters. The molecule has 0 aliphatic carbocycles. The van der Waals surface area contributed by atoms with Crippen molar-refractivity contribution >= 4 is 11.5 Å². The van der Waals surface area contributed by atoms with E-state index in [-0.39, 0.29) is 0 Å². The van der Waals surface area contributed by atoms with Crippen molar-refractivity contribution in [2.75, 3.05) is 12.4 Å². The van der Waals surface area contributed by atoms with Crippen LogP contribution in [0.2, 0.25) is 0 Å². The Kier molecular flexibility index (Phi) is 3.51. The van der Waals surface area contributed by atoms with Gasteiger partial charge < -0.3 is 10.1 Å². The molecule has 0 saturated carbocycles. The summed E-state index contributed by atoms with van der Waals surface area (Å²) in [4.78, 5) is 8.27. The molecule has 3 rings (SSSR count). The lowest BCUT2D eigenvalue weighted by Crippen LogP contribution is -2.00. The predicted molar refractivity (Wildman–Crippen MR) is 80.2 cm³/mol. The average molecular weight is 281 g/mol. The van der Waals surface area contributed by atoms with Crippen LogP contribution in [0.4, 0.5) is 11.5 Å². The van der Waals surface area contributed by atoms with E-state index in [1.165, 1.54) is 6.33 Å². The minimum absolute atomic E-state index is 0.741. The van der Waals surface area contributed by atoms with Crippen molar-refractivity contribution in [1.82, 2.24) is 19.7 Å². The second-order valence-corrected chi connectivity index (χ2v) is 4.52. The van der Waals surface area contributed by atoms with Gasteiger partial charge in [-0.25, -0.2) is 14.6 Å². The Labute approximate surface area is 122 Å². The minimum Gasteiger partial charge on any atom is -0.497 e. The molecule has 0 saturated heterocycles. The molecule has 1 aromatic carbocycles. The number of aryl methyl sites for hydroxylation is 1. The van der Waals surface area contributed by atoms with E-state index < -0.39 is 0 Å². The molecule has 1 N–H and O–H groups in total. The van der Waals surface area contributed by atoms with Crippen LogP contribution < -0.4 is 10.1 Å². The smallest absolute Gasteiger partial charge is 0.156 e. The number of aromatic nitrogens is 4. The van der Waals surface area contributed by atoms with Crippen LogP contribution in [0.3, 0.4) is 0 Å². The molecule has 0 spiro atoms. The van der Waals surface area contributed by atoms with E-state index in [0.29, 0.717) is 0 Å². The molecule has 0 radical (unpaired) electrons. The van der Waals surface area contributed by atoms with E-state index in [9.17, 15) is 0 Å². The van der Waals surface area contributed by atoms with E-state index in [1.54, 1.807) is 11.8 Å². The number of anilines is 2. The van der Waals surface area contributed by atoms with Crippen LogP contribution in [0.25, 0.3) is 5.82 Å². The van der Waals surface area contributed by atoms with Crippen molar-refractivity contribution < 1.29 is 4.74 Å². The second-order valence-electron chi connectivity index (χ2n) is 4.52. The van der Waals surface area contributed by atoms with Crippen LogP contribution in [-0.4, -0.2) is 26.9 Å². The normalized spacial score (nSPS) is 10.4. The molecule has 0 aliphatic rings. The van der Waals surface area contributed by atoms with E-state index >= 15 is 0 Å². The molecular weight excluding hydrogens is 266 g/mol. The maximum atomic E-state index is 5.13. The fourth-order valence-electron chi connectivity index (χ4n) is 1.91. The molecule has 2 aromatic heterocycles. The molecule has 21 heavy (non-hydrogen) atoms. The van der Waals surface area contributed by atoms with Gasteiger partial charge in [-0.05, 0) is 31.2 Å². The standard InChI is InChI=1S/C15H15N5O/c1-11-9-15(17-10-16-11)20-8-7-14(19-20)18-12-3-5-13(21-2)6-4-12/h3-10H,1-2H3,(H,18,19). The van der Waals surface area contributed by atoms with Crippen molar-refractivity contribution in [3.8, 4) is 11.6 Å². The average Bonchev–Trinajstić information content (AvgIpc) is 2.97. The Morgan fingerprint density at radius 1 is 1.10 bits per heavy atom. The number of ether oxygens (including phenoxy) is 1. The Morgan fingerprint density at radius 3 is 2.62 bits per heavy atom. The van der Waals surface area contributed by atoms with Crippen LogP contribution >= 0.6 is 0 Å². The third-order valence-corrected chi connectivity index (χ3v) is 2.98. The largest absolute Gasteiger partial charge is 0.497 e. The Hall–Kier alpha value is -2.89. The molecule has 6 heteroatoms. The third kappa shape index (κ3) is 3.00. The quantitative estimate of drug-likeness (QED) is 0.796. The highest BCUT2D eigenvalue weighted by Gasteiger charge is 2.03. The molecule has 6 nitrogen and oxygen atoms in total. The van der Waals surface area contributed by atoms with Gasteiger partial charge in [0.2, 0.25) is 0 Å². The van der Waals surface area contributed by atoms with Crippen molar-refractivity contribution in [2.45, 2.75) is 6.92 Å². The molecule has 0 amide bonds. The van der Waals surface area contributed by atoms with Crippen LogP contribution in [0.15, 0.2) is 48.9 Å². The van der Waals surface area contributed by atoms with Gasteiger partial charge in [-0.1, -0.05) is 0 Å². The zero-order valence-corrected chi connectivity index (χ0v) is 11.8. The summed E-state index contributed by atoms with van der Waals surface area (Å²) >= 11 is 0. The van der Waals surface area contributed by atoms with Crippen molar-refractivity contribution in [3.05, 3.63) is 54.6 Å². The molecule has 3 aromatic rings. The summed E-state index contributed by atoms with van der Waals surface area (Å²) in [5.74, 6) is 2.31. The van der Waals surface area contributed by atoms with Crippen molar-refractivity contribution in [1.29, 1.82) is 0 Å². The first-order chi connectivity index (χ1) is 10.2. The number of hydrogen-bond donors (Lipinski definition) is 1. The molecule has 0 bridgehead atoms. The molecule has 106 valence electrons. The zero-order valence-electron chi connectivity index (χ0n) is 11.8. The highest BCUT2D eigenvalue weighted by atomic mass is 16.5. The number of rotatable bonds is 4. The van der Waals surface area contributed by atoms with Gasteiger partial charge in [-0.3, -0.25) is 0 Å². The van der Waals surface area contributed by atoms with Gasteiger partial charge in [-0.2, -0.15) is 0 Å². The maximum absolute atomic E-state index is 5.13. The van der Waals surface area contributed by atoms with Crippen LogP contribution in [0.5, 0.6) is 5.75 Å². The fourth-order valence-corrected chi connectivity index (χ4v) is 1.91. The second kappa shape index (κ2) is 5.62. The number of hydrogen-bond acceptors (Lipinski definition) is 5. The minimum atomic E-state index is 0.741. The summed E-state index contributed by atoms with van der Waals surface area (Å²) in [6, 6.07) is 11.4. The van der Waals surface area contributed by atoms with E-state index in [1.807, 2.05) is 49.5 Å². The highest BCUT2D eigenvalue weighted by Crippen LogP contribution is 2.19. The summed E-state index contributed by atoms with van der Waals surface area (Å²) in [6.45, 7) is 1.92. The molecular formula is C15H15N5O. The first-order valence-electron chi connectivity index (χ1n) is 6.50. The lowest BCUT2D eigenvalue weighted by Gasteiger charge is -2.04. The van der Waals surface area contributed by atoms with Gasteiger partial charge in [0.1, 0.15) is 12.1 Å². The fraction of sp³-hybridized carbons (Fsp3) is 0.133. The van der Waals surface area contributed by atoms with E-state index in [4.69, 9.17) is 4.74 Å². The summed E-state index contributed by atoms with van der Waals surface area (Å²) in [7, 11) is 1.65. The number of benzene rings is 1. The van der Waals surface area contributed by atoms with Crippen molar-refractivity contribution in [2.24, 2.45) is 0 Å². The van der Waals surface area contributed by atoms with Crippen LogP contribution in [0, 0.1) is 6.92 Å². The first-order valence-corrected chi connectivity index (χ1v) is 6.50. The lowest BCUT2D eigenvalue weighted by molar-refractivity contribution is 0.415. The SMILES string of the molecule is COc1ccc(Nc2ccn(-c3cc(C)ncn3)n2)cc1. The molecule has 0 fully saturated rings. The van der Waals surface area contributed by atoms with Gasteiger partial charge in [0.15, 0.2) is 11.6 Å². The van der Waals surface area contributed by atoms with Gasteiger partial charge in [0, 0.05) is 29.7 Å². The van der Waals surface area contributed by atoms with Crippen LogP contribution in [-0.2, 0) is 0 Å². The molecule has 0 aliphatic heterocycles. The topological polar surface area (TPSA) is 64.9 Å². The van der Waals surface area contributed by atoms with Gasteiger partial charge in [0.05, 0.1) is 7.11 Å². The van der Waals surface area contributed by atoms with Gasteiger partial charge in [0.25, 0.3) is 0 Å².